The van der Waals surface area contributed by atoms with Crippen LogP contribution in [0.1, 0.15) is 41.5 Å². The van der Waals surface area contributed by atoms with Gasteiger partial charge >= 0.3 is 0 Å². The van der Waals surface area contributed by atoms with E-state index in [-0.39, 0.29) is 5.60 Å². The lowest BCUT2D eigenvalue weighted by molar-refractivity contribution is -0.0480. The minimum absolute atomic E-state index is 0.174. The SMILES string of the molecule is CC(C)C(C)CNCC(O)COC(C)(C)C. The molecule has 0 spiro atoms. The Hall–Kier alpha value is -0.120. The molecule has 0 aliphatic heterocycles. The van der Waals surface area contributed by atoms with Crippen LogP contribution in [0.25, 0.3) is 0 Å². The van der Waals surface area contributed by atoms with Crippen LogP contribution in [0.2, 0.25) is 0 Å². The lowest BCUT2D eigenvalue weighted by atomic mass is 9.98. The molecular formula is C13H29NO2. The van der Waals surface area contributed by atoms with Gasteiger partial charge in [0.2, 0.25) is 0 Å². The van der Waals surface area contributed by atoms with E-state index in [0.29, 0.717) is 25.0 Å². The number of aliphatic hydroxyl groups excluding tert-OH is 1. The fourth-order valence-electron chi connectivity index (χ4n) is 1.12. The fourth-order valence-corrected chi connectivity index (χ4v) is 1.12. The molecule has 3 heteroatoms. The molecule has 0 aromatic rings. The van der Waals surface area contributed by atoms with Crippen molar-refractivity contribution < 1.29 is 9.84 Å². The molecule has 0 aliphatic rings. The molecule has 0 bridgehead atoms. The Kier molecular flexibility index (Phi) is 7.20. The third-order valence-electron chi connectivity index (χ3n) is 2.69. The molecule has 0 amide bonds. The van der Waals surface area contributed by atoms with Gasteiger partial charge in [-0.25, -0.2) is 0 Å². The molecule has 0 saturated heterocycles. The van der Waals surface area contributed by atoms with Gasteiger partial charge in [0.05, 0.1) is 18.3 Å². The van der Waals surface area contributed by atoms with Crippen molar-refractivity contribution in [2.75, 3.05) is 19.7 Å². The van der Waals surface area contributed by atoms with Crippen LogP contribution in [-0.4, -0.2) is 36.5 Å². The van der Waals surface area contributed by atoms with Crippen molar-refractivity contribution in [1.29, 1.82) is 0 Å². The molecule has 2 atom stereocenters. The molecule has 0 aliphatic carbocycles. The minimum atomic E-state index is -0.418. The molecule has 0 radical (unpaired) electrons. The van der Waals surface area contributed by atoms with Crippen LogP contribution in [0.5, 0.6) is 0 Å². The first-order chi connectivity index (χ1) is 7.22. The third-order valence-corrected chi connectivity index (χ3v) is 2.69. The number of aliphatic hydroxyl groups is 1. The monoisotopic (exact) mass is 231 g/mol. The van der Waals surface area contributed by atoms with Gasteiger partial charge in [-0.3, -0.25) is 0 Å². The second kappa shape index (κ2) is 7.25. The summed E-state index contributed by atoms with van der Waals surface area (Å²) in [5, 5.41) is 12.9. The van der Waals surface area contributed by atoms with Gasteiger partial charge in [-0.05, 0) is 39.2 Å². The molecule has 0 aromatic carbocycles. The molecule has 0 heterocycles. The predicted octanol–water partition coefficient (Wildman–Crippen LogP) is 2.04. The average molecular weight is 231 g/mol. The van der Waals surface area contributed by atoms with Gasteiger partial charge in [-0.2, -0.15) is 0 Å². The van der Waals surface area contributed by atoms with E-state index in [9.17, 15) is 5.11 Å². The third kappa shape index (κ3) is 9.13. The zero-order valence-electron chi connectivity index (χ0n) is 11.7. The Morgan fingerprint density at radius 3 is 2.12 bits per heavy atom. The minimum Gasteiger partial charge on any atom is -0.389 e. The van der Waals surface area contributed by atoms with Crippen LogP contribution >= 0.6 is 0 Å². The lowest BCUT2D eigenvalue weighted by Gasteiger charge is -2.23. The van der Waals surface area contributed by atoms with Gasteiger partial charge in [0.25, 0.3) is 0 Å². The molecule has 3 nitrogen and oxygen atoms in total. The first-order valence-electron chi connectivity index (χ1n) is 6.25. The highest BCUT2D eigenvalue weighted by atomic mass is 16.5. The number of ether oxygens (including phenoxy) is 1. The van der Waals surface area contributed by atoms with Gasteiger partial charge in [0.1, 0.15) is 0 Å². The fraction of sp³-hybridized carbons (Fsp3) is 1.00. The van der Waals surface area contributed by atoms with E-state index in [2.05, 4.69) is 26.1 Å². The second-order valence-electron chi connectivity index (χ2n) is 5.96. The Balaban J connectivity index is 3.55. The maximum Gasteiger partial charge on any atom is 0.0897 e. The smallest absolute Gasteiger partial charge is 0.0897 e. The summed E-state index contributed by atoms with van der Waals surface area (Å²) in [5.74, 6) is 1.31. The van der Waals surface area contributed by atoms with Crippen LogP contribution < -0.4 is 5.32 Å². The Bertz CT molecular complexity index is 175. The standard InChI is InChI=1S/C13H29NO2/c1-10(2)11(3)7-14-8-12(15)9-16-13(4,5)6/h10-12,14-15H,7-9H2,1-6H3. The first kappa shape index (κ1) is 15.9. The zero-order chi connectivity index (χ0) is 12.8. The molecule has 0 fully saturated rings. The van der Waals surface area contributed by atoms with Crippen molar-refractivity contribution in [2.24, 2.45) is 11.8 Å². The normalized spacial score (nSPS) is 16.5. The maximum atomic E-state index is 9.68. The predicted molar refractivity (Wildman–Crippen MR) is 68.6 cm³/mol. The van der Waals surface area contributed by atoms with Gasteiger partial charge in [0.15, 0.2) is 0 Å². The summed E-state index contributed by atoms with van der Waals surface area (Å²) in [6.07, 6.45) is -0.418. The van der Waals surface area contributed by atoms with Crippen molar-refractivity contribution in [2.45, 2.75) is 53.2 Å². The topological polar surface area (TPSA) is 41.5 Å². The van der Waals surface area contributed by atoms with E-state index < -0.39 is 6.10 Å². The summed E-state index contributed by atoms with van der Waals surface area (Å²) >= 11 is 0. The van der Waals surface area contributed by atoms with E-state index in [1.165, 1.54) is 0 Å². The number of nitrogens with one attached hydrogen (secondary N) is 1. The number of rotatable bonds is 7. The van der Waals surface area contributed by atoms with Gasteiger partial charge in [-0.15, -0.1) is 0 Å². The molecule has 0 aromatic heterocycles. The van der Waals surface area contributed by atoms with E-state index in [1.807, 2.05) is 20.8 Å². The van der Waals surface area contributed by atoms with Crippen molar-refractivity contribution in [3.63, 3.8) is 0 Å². The Morgan fingerprint density at radius 1 is 1.12 bits per heavy atom. The highest BCUT2D eigenvalue weighted by molar-refractivity contribution is 4.66. The summed E-state index contributed by atoms with van der Waals surface area (Å²) in [5.41, 5.74) is -0.174. The molecule has 16 heavy (non-hydrogen) atoms. The van der Waals surface area contributed by atoms with Crippen molar-refractivity contribution in [3.05, 3.63) is 0 Å². The lowest BCUT2D eigenvalue weighted by Crippen LogP contribution is -2.36. The first-order valence-corrected chi connectivity index (χ1v) is 6.25. The number of hydrogen-bond donors (Lipinski definition) is 2. The molecule has 2 unspecified atom stereocenters. The maximum absolute atomic E-state index is 9.68. The Labute approximate surface area is 101 Å². The van der Waals surface area contributed by atoms with E-state index in [1.54, 1.807) is 0 Å². The Morgan fingerprint density at radius 2 is 1.69 bits per heavy atom. The van der Waals surface area contributed by atoms with Crippen LogP contribution in [0.3, 0.4) is 0 Å². The molecule has 0 saturated carbocycles. The van der Waals surface area contributed by atoms with Crippen LogP contribution in [-0.2, 0) is 4.74 Å². The number of hydrogen-bond acceptors (Lipinski definition) is 3. The average Bonchev–Trinajstić information content (AvgIpc) is 2.13. The van der Waals surface area contributed by atoms with Crippen LogP contribution in [0, 0.1) is 11.8 Å². The largest absolute Gasteiger partial charge is 0.389 e. The second-order valence-corrected chi connectivity index (χ2v) is 5.96. The summed E-state index contributed by atoms with van der Waals surface area (Å²) in [4.78, 5) is 0. The highest BCUT2D eigenvalue weighted by Gasteiger charge is 2.14. The summed E-state index contributed by atoms with van der Waals surface area (Å²) in [7, 11) is 0. The van der Waals surface area contributed by atoms with Gasteiger partial charge in [-0.1, -0.05) is 20.8 Å². The molecule has 0 rings (SSSR count). The van der Waals surface area contributed by atoms with Crippen molar-refractivity contribution >= 4 is 0 Å². The zero-order valence-corrected chi connectivity index (χ0v) is 11.7. The van der Waals surface area contributed by atoms with Crippen molar-refractivity contribution in [3.8, 4) is 0 Å². The van der Waals surface area contributed by atoms with Crippen molar-refractivity contribution in [1.82, 2.24) is 5.32 Å². The van der Waals surface area contributed by atoms with Gasteiger partial charge in [0, 0.05) is 6.54 Å². The summed E-state index contributed by atoms with van der Waals surface area (Å²) in [6.45, 7) is 14.6. The highest BCUT2D eigenvalue weighted by Crippen LogP contribution is 2.08. The van der Waals surface area contributed by atoms with E-state index in [4.69, 9.17) is 4.74 Å². The molecular weight excluding hydrogens is 202 g/mol. The van der Waals surface area contributed by atoms with E-state index >= 15 is 0 Å². The molecule has 2 N–H and O–H groups in total. The summed E-state index contributed by atoms with van der Waals surface area (Å²) < 4.78 is 5.51. The van der Waals surface area contributed by atoms with Gasteiger partial charge < -0.3 is 15.2 Å². The van der Waals surface area contributed by atoms with Crippen LogP contribution in [0.4, 0.5) is 0 Å². The quantitative estimate of drug-likeness (QED) is 0.704. The summed E-state index contributed by atoms with van der Waals surface area (Å²) in [6, 6.07) is 0. The van der Waals surface area contributed by atoms with Crippen LogP contribution in [0.15, 0.2) is 0 Å². The molecule has 98 valence electrons. The van der Waals surface area contributed by atoms with E-state index in [0.717, 1.165) is 6.54 Å².